The standard InChI is InChI=1S/C20H20N3/c21-12-19(13-22)20(17-7-2-1-3-8-17)15-23-11-10-16-6-4-5-9-18(16)14-23/h4-6,9-11,14,17H,1-3,7-8,15H2/q+1. The van der Waals surface area contributed by atoms with E-state index in [0.717, 1.165) is 18.4 Å². The number of allylic oxidation sites excluding steroid dienone is 2. The summed E-state index contributed by atoms with van der Waals surface area (Å²) < 4.78 is 2.10. The Morgan fingerprint density at radius 1 is 1.00 bits per heavy atom. The van der Waals surface area contributed by atoms with Gasteiger partial charge >= 0.3 is 0 Å². The summed E-state index contributed by atoms with van der Waals surface area (Å²) in [6.07, 6.45) is 9.98. The first-order valence-corrected chi connectivity index (χ1v) is 8.23. The maximum Gasteiger partial charge on any atom is 0.176 e. The molecule has 0 amide bonds. The average Bonchev–Trinajstić information content (AvgIpc) is 2.62. The molecule has 1 aliphatic carbocycles. The largest absolute Gasteiger partial charge is 0.200 e. The number of hydrogen-bond acceptors (Lipinski definition) is 2. The molecule has 1 aromatic carbocycles. The molecule has 114 valence electrons. The van der Waals surface area contributed by atoms with Crippen LogP contribution in [0.15, 0.2) is 53.9 Å². The van der Waals surface area contributed by atoms with Crippen molar-refractivity contribution in [3.05, 3.63) is 53.9 Å². The van der Waals surface area contributed by atoms with Crippen LogP contribution < -0.4 is 4.57 Å². The van der Waals surface area contributed by atoms with E-state index in [4.69, 9.17) is 0 Å². The molecule has 1 heterocycles. The lowest BCUT2D eigenvalue weighted by molar-refractivity contribution is -0.688. The molecular formula is C20H20N3+. The van der Waals surface area contributed by atoms with Crippen LogP contribution in [0.25, 0.3) is 10.8 Å². The van der Waals surface area contributed by atoms with Gasteiger partial charge in [-0.15, -0.1) is 0 Å². The van der Waals surface area contributed by atoms with E-state index < -0.39 is 0 Å². The van der Waals surface area contributed by atoms with Crippen molar-refractivity contribution >= 4 is 10.8 Å². The molecule has 1 fully saturated rings. The molecule has 0 saturated heterocycles. The number of pyridine rings is 1. The predicted octanol–water partition coefficient (Wildman–Crippen LogP) is 4.05. The Bertz CT molecular complexity index is 799. The van der Waals surface area contributed by atoms with Crippen molar-refractivity contribution in [2.24, 2.45) is 5.92 Å². The average molecular weight is 302 g/mol. The minimum atomic E-state index is 0.303. The van der Waals surface area contributed by atoms with Crippen molar-refractivity contribution in [1.82, 2.24) is 0 Å². The molecule has 3 heteroatoms. The van der Waals surface area contributed by atoms with Gasteiger partial charge in [-0.05, 0) is 30.2 Å². The van der Waals surface area contributed by atoms with E-state index in [1.54, 1.807) is 0 Å². The van der Waals surface area contributed by atoms with Gasteiger partial charge in [0.2, 0.25) is 0 Å². The molecule has 1 saturated carbocycles. The van der Waals surface area contributed by atoms with Gasteiger partial charge in [0.05, 0.1) is 0 Å². The van der Waals surface area contributed by atoms with E-state index in [1.807, 2.05) is 18.3 Å². The van der Waals surface area contributed by atoms with Gasteiger partial charge in [-0.1, -0.05) is 37.5 Å². The SMILES string of the molecule is N#CC(C#N)=C(C[n+]1ccc2ccccc2c1)C1CCCCC1. The lowest BCUT2D eigenvalue weighted by Gasteiger charge is -2.23. The number of hydrogen-bond donors (Lipinski definition) is 0. The van der Waals surface area contributed by atoms with E-state index in [0.29, 0.717) is 18.0 Å². The second kappa shape index (κ2) is 7.07. The summed E-state index contributed by atoms with van der Waals surface area (Å²) in [5.74, 6) is 0.372. The minimum Gasteiger partial charge on any atom is -0.200 e. The number of aromatic nitrogens is 1. The normalized spacial score (nSPS) is 14.9. The predicted molar refractivity (Wildman–Crippen MR) is 89.0 cm³/mol. The Morgan fingerprint density at radius 3 is 2.39 bits per heavy atom. The van der Waals surface area contributed by atoms with Crippen molar-refractivity contribution in [1.29, 1.82) is 10.5 Å². The molecule has 2 aromatic rings. The first-order chi connectivity index (χ1) is 11.3. The minimum absolute atomic E-state index is 0.303. The molecule has 0 unspecified atom stereocenters. The lowest BCUT2D eigenvalue weighted by Crippen LogP contribution is -2.36. The van der Waals surface area contributed by atoms with Crippen LogP contribution in [0, 0.1) is 28.6 Å². The fourth-order valence-electron chi connectivity index (χ4n) is 3.50. The second-order valence-electron chi connectivity index (χ2n) is 6.20. The summed E-state index contributed by atoms with van der Waals surface area (Å²) in [7, 11) is 0. The van der Waals surface area contributed by atoms with Crippen LogP contribution in [-0.2, 0) is 6.54 Å². The van der Waals surface area contributed by atoms with Crippen LogP contribution in [-0.4, -0.2) is 0 Å². The van der Waals surface area contributed by atoms with Gasteiger partial charge in [-0.25, -0.2) is 4.57 Å². The first kappa shape index (κ1) is 15.3. The van der Waals surface area contributed by atoms with Crippen LogP contribution in [0.4, 0.5) is 0 Å². The van der Waals surface area contributed by atoms with Crippen LogP contribution in [0.2, 0.25) is 0 Å². The number of nitrogens with zero attached hydrogens (tertiary/aromatic N) is 3. The summed E-state index contributed by atoms with van der Waals surface area (Å²) in [6.45, 7) is 0.631. The van der Waals surface area contributed by atoms with E-state index in [9.17, 15) is 10.5 Å². The van der Waals surface area contributed by atoms with Crippen molar-refractivity contribution < 1.29 is 4.57 Å². The van der Waals surface area contributed by atoms with Crippen molar-refractivity contribution in [3.8, 4) is 12.1 Å². The quantitative estimate of drug-likeness (QED) is 0.634. The molecule has 0 N–H and O–H groups in total. The molecular weight excluding hydrogens is 282 g/mol. The van der Waals surface area contributed by atoms with Gasteiger partial charge in [0.15, 0.2) is 18.9 Å². The van der Waals surface area contributed by atoms with Gasteiger partial charge in [0, 0.05) is 17.0 Å². The molecule has 1 aromatic heterocycles. The Balaban J connectivity index is 1.95. The Morgan fingerprint density at radius 2 is 1.70 bits per heavy atom. The molecule has 0 spiro atoms. The van der Waals surface area contributed by atoms with Crippen LogP contribution in [0.5, 0.6) is 0 Å². The summed E-state index contributed by atoms with van der Waals surface area (Å²) in [5, 5.41) is 21.1. The maximum absolute atomic E-state index is 9.34. The van der Waals surface area contributed by atoms with Gasteiger partial charge < -0.3 is 0 Å². The molecule has 0 bridgehead atoms. The molecule has 0 radical (unpaired) electrons. The number of nitriles is 2. The van der Waals surface area contributed by atoms with Gasteiger partial charge in [-0.2, -0.15) is 10.5 Å². The maximum atomic E-state index is 9.34. The third kappa shape index (κ3) is 3.41. The highest BCUT2D eigenvalue weighted by Crippen LogP contribution is 2.31. The highest BCUT2D eigenvalue weighted by molar-refractivity contribution is 5.80. The van der Waals surface area contributed by atoms with Crippen molar-refractivity contribution in [2.75, 3.05) is 0 Å². The molecule has 3 rings (SSSR count). The second-order valence-corrected chi connectivity index (χ2v) is 6.20. The zero-order chi connectivity index (χ0) is 16.1. The summed E-state index contributed by atoms with van der Waals surface area (Å²) in [6, 6.07) is 14.6. The monoisotopic (exact) mass is 302 g/mol. The van der Waals surface area contributed by atoms with Crippen molar-refractivity contribution in [3.63, 3.8) is 0 Å². The van der Waals surface area contributed by atoms with E-state index in [1.165, 1.54) is 30.0 Å². The van der Waals surface area contributed by atoms with E-state index >= 15 is 0 Å². The Labute approximate surface area is 137 Å². The van der Waals surface area contributed by atoms with Crippen LogP contribution in [0.3, 0.4) is 0 Å². The number of fused-ring (bicyclic) bond motifs is 1. The lowest BCUT2D eigenvalue weighted by atomic mass is 9.82. The van der Waals surface area contributed by atoms with Crippen molar-refractivity contribution in [2.45, 2.75) is 38.6 Å². The third-order valence-electron chi connectivity index (χ3n) is 4.74. The molecule has 0 aliphatic heterocycles. The fraction of sp³-hybridized carbons (Fsp3) is 0.350. The van der Waals surface area contributed by atoms with E-state index in [-0.39, 0.29) is 0 Å². The number of rotatable bonds is 3. The van der Waals surface area contributed by atoms with Gasteiger partial charge in [0.1, 0.15) is 17.7 Å². The van der Waals surface area contributed by atoms with Crippen LogP contribution in [0.1, 0.15) is 32.1 Å². The highest BCUT2D eigenvalue weighted by Gasteiger charge is 2.24. The molecule has 0 atom stereocenters. The summed E-state index contributed by atoms with van der Waals surface area (Å²) >= 11 is 0. The fourth-order valence-corrected chi connectivity index (χ4v) is 3.50. The zero-order valence-corrected chi connectivity index (χ0v) is 13.2. The van der Waals surface area contributed by atoms with Crippen LogP contribution >= 0.6 is 0 Å². The zero-order valence-electron chi connectivity index (χ0n) is 13.2. The smallest absolute Gasteiger partial charge is 0.176 e. The third-order valence-corrected chi connectivity index (χ3v) is 4.74. The number of benzene rings is 1. The molecule has 23 heavy (non-hydrogen) atoms. The Hall–Kier alpha value is -2.65. The van der Waals surface area contributed by atoms with Gasteiger partial charge in [0.25, 0.3) is 0 Å². The topological polar surface area (TPSA) is 51.5 Å². The first-order valence-electron chi connectivity index (χ1n) is 8.23. The molecule has 1 aliphatic rings. The summed E-state index contributed by atoms with van der Waals surface area (Å²) in [4.78, 5) is 0. The summed E-state index contributed by atoms with van der Waals surface area (Å²) in [5.41, 5.74) is 1.31. The highest BCUT2D eigenvalue weighted by atomic mass is 14.9. The van der Waals surface area contributed by atoms with E-state index in [2.05, 4.69) is 41.1 Å². The molecule has 3 nitrogen and oxygen atoms in total. The Kier molecular flexibility index (Phi) is 4.69. The van der Waals surface area contributed by atoms with Gasteiger partial charge in [-0.3, -0.25) is 0 Å².